The lowest BCUT2D eigenvalue weighted by Crippen LogP contribution is -2.00. The Morgan fingerprint density at radius 1 is 1.12 bits per heavy atom. The van der Waals surface area contributed by atoms with Crippen molar-refractivity contribution in [3.8, 4) is 5.69 Å². The molecule has 2 rings (SSSR count). The maximum Gasteiger partial charge on any atom is 0.0850 e. The largest absolute Gasteiger partial charge is 0.236 e. The molecule has 0 saturated carbocycles. The van der Waals surface area contributed by atoms with Crippen LogP contribution in [0.4, 0.5) is 0 Å². The van der Waals surface area contributed by atoms with E-state index in [2.05, 4.69) is 5.10 Å². The number of aromatic nitrogens is 2. The van der Waals surface area contributed by atoms with Crippen LogP contribution < -0.4 is 0 Å². The Balaban J connectivity index is 2.68. The van der Waals surface area contributed by atoms with Gasteiger partial charge in [0.25, 0.3) is 0 Å². The van der Waals surface area contributed by atoms with Gasteiger partial charge in [-0.05, 0) is 38.5 Å². The first-order chi connectivity index (χ1) is 7.52. The zero-order valence-electron chi connectivity index (χ0n) is 9.38. The molecule has 1 heterocycles. The van der Waals surface area contributed by atoms with Gasteiger partial charge < -0.3 is 0 Å². The van der Waals surface area contributed by atoms with Gasteiger partial charge in [0.05, 0.1) is 21.4 Å². The van der Waals surface area contributed by atoms with Gasteiger partial charge in [0, 0.05) is 5.69 Å². The van der Waals surface area contributed by atoms with E-state index in [1.807, 2.05) is 37.6 Å². The van der Waals surface area contributed by atoms with Crippen molar-refractivity contribution in [1.82, 2.24) is 9.78 Å². The quantitative estimate of drug-likeness (QED) is 0.749. The van der Waals surface area contributed by atoms with E-state index in [0.29, 0.717) is 10.0 Å². The fraction of sp³-hybridized carbons (Fsp3) is 0.250. The molecule has 0 amide bonds. The van der Waals surface area contributed by atoms with Crippen molar-refractivity contribution in [3.63, 3.8) is 0 Å². The Kier molecular flexibility index (Phi) is 2.96. The smallest absolute Gasteiger partial charge is 0.0850 e. The molecule has 1 aromatic carbocycles. The number of hydrogen-bond donors (Lipinski definition) is 0. The minimum Gasteiger partial charge on any atom is -0.236 e. The van der Waals surface area contributed by atoms with Gasteiger partial charge in [0.2, 0.25) is 0 Å². The van der Waals surface area contributed by atoms with Gasteiger partial charge in [-0.2, -0.15) is 5.10 Å². The zero-order valence-corrected chi connectivity index (χ0v) is 10.9. The molecule has 2 aromatic rings. The Hall–Kier alpha value is -0.990. The number of aryl methyl sites for hydroxylation is 1. The number of rotatable bonds is 1. The van der Waals surface area contributed by atoms with Crippen LogP contribution in [0.1, 0.15) is 17.0 Å². The van der Waals surface area contributed by atoms with Gasteiger partial charge in [-0.3, -0.25) is 0 Å². The molecular weight excluding hydrogens is 243 g/mol. The summed E-state index contributed by atoms with van der Waals surface area (Å²) in [5.41, 5.74) is 4.09. The lowest BCUT2D eigenvalue weighted by atomic mass is 10.2. The molecule has 16 heavy (non-hydrogen) atoms. The van der Waals surface area contributed by atoms with Crippen LogP contribution in [0.2, 0.25) is 10.0 Å². The fourth-order valence-corrected chi connectivity index (χ4v) is 1.99. The van der Waals surface area contributed by atoms with Gasteiger partial charge >= 0.3 is 0 Å². The van der Waals surface area contributed by atoms with Gasteiger partial charge in [0.15, 0.2) is 0 Å². The lowest BCUT2D eigenvalue weighted by molar-refractivity contribution is 0.833. The summed E-state index contributed by atoms with van der Waals surface area (Å²) in [6.07, 6.45) is 0. The van der Waals surface area contributed by atoms with Crippen molar-refractivity contribution in [1.29, 1.82) is 0 Å². The molecule has 0 bridgehead atoms. The Bertz CT molecular complexity index is 544. The topological polar surface area (TPSA) is 17.8 Å². The summed E-state index contributed by atoms with van der Waals surface area (Å²) in [5, 5.41) is 5.54. The van der Waals surface area contributed by atoms with E-state index < -0.39 is 0 Å². The van der Waals surface area contributed by atoms with E-state index in [1.54, 1.807) is 6.07 Å². The minimum absolute atomic E-state index is 0.537. The zero-order chi connectivity index (χ0) is 11.9. The van der Waals surface area contributed by atoms with Crippen molar-refractivity contribution < 1.29 is 0 Å². The van der Waals surface area contributed by atoms with Crippen molar-refractivity contribution in [2.75, 3.05) is 0 Å². The summed E-state index contributed by atoms with van der Waals surface area (Å²) in [5.74, 6) is 0. The predicted molar refractivity (Wildman–Crippen MR) is 67.8 cm³/mol. The molecule has 0 atom stereocenters. The maximum atomic E-state index is 6.17. The van der Waals surface area contributed by atoms with Crippen LogP contribution in [0, 0.1) is 20.8 Å². The van der Waals surface area contributed by atoms with E-state index in [4.69, 9.17) is 23.2 Å². The first kappa shape index (κ1) is 11.5. The van der Waals surface area contributed by atoms with Crippen molar-refractivity contribution >= 4 is 23.2 Å². The van der Waals surface area contributed by atoms with E-state index in [9.17, 15) is 0 Å². The van der Waals surface area contributed by atoms with Gasteiger partial charge in [-0.25, -0.2) is 4.68 Å². The van der Waals surface area contributed by atoms with Crippen LogP contribution in [0.15, 0.2) is 18.2 Å². The Labute approximate surface area is 105 Å². The third-order valence-corrected chi connectivity index (χ3v) is 3.62. The molecule has 1 aromatic heterocycles. The second kappa shape index (κ2) is 4.11. The monoisotopic (exact) mass is 254 g/mol. The number of nitrogens with zero attached hydrogens (tertiary/aromatic N) is 2. The average Bonchev–Trinajstić information content (AvgIpc) is 2.50. The molecule has 0 spiro atoms. The van der Waals surface area contributed by atoms with Crippen LogP contribution in [0.3, 0.4) is 0 Å². The molecule has 0 unspecified atom stereocenters. The first-order valence-electron chi connectivity index (χ1n) is 4.99. The Morgan fingerprint density at radius 3 is 2.38 bits per heavy atom. The molecule has 4 heteroatoms. The fourth-order valence-electron chi connectivity index (χ4n) is 1.61. The van der Waals surface area contributed by atoms with E-state index in [-0.39, 0.29) is 0 Å². The third kappa shape index (κ3) is 1.72. The first-order valence-corrected chi connectivity index (χ1v) is 5.75. The third-order valence-electron chi connectivity index (χ3n) is 2.81. The van der Waals surface area contributed by atoms with Crippen LogP contribution in [0.5, 0.6) is 0 Å². The normalized spacial score (nSPS) is 10.8. The maximum absolute atomic E-state index is 6.17. The lowest BCUT2D eigenvalue weighted by Gasteiger charge is -2.07. The highest BCUT2D eigenvalue weighted by Crippen LogP contribution is 2.29. The molecule has 0 aliphatic rings. The molecule has 0 radical (unpaired) electrons. The summed E-state index contributed by atoms with van der Waals surface area (Å²) >= 11 is 12.2. The molecule has 0 aliphatic carbocycles. The molecular formula is C12H12Cl2N2. The highest BCUT2D eigenvalue weighted by Gasteiger charge is 2.12. The number of halogens is 2. The van der Waals surface area contributed by atoms with Crippen molar-refractivity contribution in [2.45, 2.75) is 20.8 Å². The molecule has 2 nitrogen and oxygen atoms in total. The summed E-state index contributed by atoms with van der Waals surface area (Å²) in [7, 11) is 0. The number of hydrogen-bond acceptors (Lipinski definition) is 1. The van der Waals surface area contributed by atoms with Gasteiger partial charge in [-0.15, -0.1) is 0 Å². The summed E-state index contributed by atoms with van der Waals surface area (Å²) in [4.78, 5) is 0. The number of benzene rings is 1. The van der Waals surface area contributed by atoms with Gasteiger partial charge in [0.1, 0.15) is 0 Å². The Morgan fingerprint density at radius 2 is 1.81 bits per heavy atom. The molecule has 0 N–H and O–H groups in total. The van der Waals surface area contributed by atoms with Crippen molar-refractivity contribution in [3.05, 3.63) is 45.2 Å². The SMILES string of the molecule is Cc1nn(-c2cccc(Cl)c2Cl)c(C)c1C. The minimum atomic E-state index is 0.537. The van der Waals surface area contributed by atoms with Crippen molar-refractivity contribution in [2.24, 2.45) is 0 Å². The van der Waals surface area contributed by atoms with E-state index in [1.165, 1.54) is 5.56 Å². The summed E-state index contributed by atoms with van der Waals surface area (Å²) in [6, 6.07) is 5.55. The van der Waals surface area contributed by atoms with Crippen LogP contribution in [-0.2, 0) is 0 Å². The highest BCUT2D eigenvalue weighted by atomic mass is 35.5. The second-order valence-electron chi connectivity index (χ2n) is 3.78. The summed E-state index contributed by atoms with van der Waals surface area (Å²) < 4.78 is 1.83. The molecule has 84 valence electrons. The molecule has 0 fully saturated rings. The highest BCUT2D eigenvalue weighted by molar-refractivity contribution is 6.43. The molecule has 0 saturated heterocycles. The van der Waals surface area contributed by atoms with Gasteiger partial charge in [-0.1, -0.05) is 29.3 Å². The predicted octanol–water partition coefficient (Wildman–Crippen LogP) is 4.10. The second-order valence-corrected chi connectivity index (χ2v) is 4.57. The summed E-state index contributed by atoms with van der Waals surface area (Å²) in [6.45, 7) is 6.05. The average molecular weight is 255 g/mol. The van der Waals surface area contributed by atoms with Crippen LogP contribution in [0.25, 0.3) is 5.69 Å². The van der Waals surface area contributed by atoms with E-state index >= 15 is 0 Å². The molecule has 0 aliphatic heterocycles. The standard InChI is InChI=1S/C12H12Cl2N2/c1-7-8(2)15-16(9(7)3)11-6-4-5-10(13)12(11)14/h4-6H,1-3H3. The van der Waals surface area contributed by atoms with Crippen LogP contribution >= 0.6 is 23.2 Å². The van der Waals surface area contributed by atoms with E-state index in [0.717, 1.165) is 17.1 Å². The van der Waals surface area contributed by atoms with Crippen LogP contribution in [-0.4, -0.2) is 9.78 Å².